The Kier molecular flexibility index (Phi) is 13.9. The molecule has 1 aliphatic rings. The largest absolute Gasteiger partial charge is 0.492 e. The highest BCUT2D eigenvalue weighted by atomic mass is 35.5. The number of terminal acetylenes is 1. The maximum Gasteiger partial charge on any atom is 0.341 e. The van der Waals surface area contributed by atoms with Crippen molar-refractivity contribution in [3.05, 3.63) is 123 Å². The van der Waals surface area contributed by atoms with E-state index in [4.69, 9.17) is 22.8 Å². The van der Waals surface area contributed by atoms with Crippen LogP contribution in [-0.2, 0) is 16.4 Å². The number of rotatable bonds is 7. The Morgan fingerprint density at radius 3 is 1.85 bits per heavy atom. The molecule has 314 valence electrons. The first-order valence-corrected chi connectivity index (χ1v) is 19.7. The molecule has 2 heterocycles. The lowest BCUT2D eigenvalue weighted by Gasteiger charge is -2.18. The molecule has 0 aliphatic carbocycles. The van der Waals surface area contributed by atoms with Crippen LogP contribution in [0.5, 0.6) is 11.6 Å². The second kappa shape index (κ2) is 20.0. The summed E-state index contributed by atoms with van der Waals surface area (Å²) in [7, 11) is -4.65. The molecule has 0 unspecified atom stereocenters. The molecule has 0 fully saturated rings. The van der Waals surface area contributed by atoms with Crippen molar-refractivity contribution in [1.29, 1.82) is 0 Å². The third kappa shape index (κ3) is 9.77. The highest BCUT2D eigenvalue weighted by Gasteiger charge is 2.38. The maximum absolute atomic E-state index is 15.6. The molecule has 0 atom stereocenters. The van der Waals surface area contributed by atoms with Crippen LogP contribution in [0.2, 0.25) is 5.02 Å². The minimum atomic E-state index is -4.65. The number of halogens is 6. The molecule has 0 saturated carbocycles. The molecule has 0 bridgehead atoms. The van der Waals surface area contributed by atoms with E-state index >= 15 is 8.78 Å². The van der Waals surface area contributed by atoms with Crippen LogP contribution >= 0.6 is 11.6 Å². The van der Waals surface area contributed by atoms with Gasteiger partial charge < -0.3 is 14.7 Å². The molecule has 5 aromatic rings. The number of nitrogens with one attached hydrogen (secondary N) is 1. The Hall–Kier alpha value is -9.31. The molecular formula is C48H18ClF5N4O6S. The van der Waals surface area contributed by atoms with Gasteiger partial charge in [0.25, 0.3) is 15.9 Å². The normalized spacial score (nSPS) is 10.4. The number of carbonyl (C=O) groups excluding carboxylic acids is 1. The fourth-order valence-corrected chi connectivity index (χ4v) is 7.13. The molecule has 0 saturated heterocycles. The van der Waals surface area contributed by atoms with Crippen molar-refractivity contribution in [2.24, 2.45) is 0 Å². The summed E-state index contributed by atoms with van der Waals surface area (Å²) in [4.78, 5) is 29.1. The van der Waals surface area contributed by atoms with Gasteiger partial charge in [0.2, 0.25) is 11.7 Å². The molecule has 4 aromatic carbocycles. The topological polar surface area (TPSA) is 123 Å². The molecular weight excluding hydrogens is 891 g/mol. The Bertz CT molecular complexity index is 3600. The summed E-state index contributed by atoms with van der Waals surface area (Å²) in [5.41, 5.74) is -5.04. The predicted octanol–water partition coefficient (Wildman–Crippen LogP) is 5.68. The smallest absolute Gasteiger partial charge is 0.341 e. The van der Waals surface area contributed by atoms with Crippen LogP contribution in [0.4, 0.5) is 33.3 Å². The fraction of sp³-hybridized carbons (Fsp3) is 0.0417. The van der Waals surface area contributed by atoms with E-state index in [1.165, 1.54) is 30.3 Å². The molecule has 17 heteroatoms. The summed E-state index contributed by atoms with van der Waals surface area (Å²) in [6, 6.07) is 14.7. The Balaban J connectivity index is 1.47. The van der Waals surface area contributed by atoms with Gasteiger partial charge in [-0.25, -0.2) is 44.3 Å². The molecule has 65 heavy (non-hydrogen) atoms. The summed E-state index contributed by atoms with van der Waals surface area (Å²) in [5.74, 6) is 21.7. The number of anilines is 2. The fourth-order valence-electron chi connectivity index (χ4n) is 5.80. The third-order valence-electron chi connectivity index (χ3n) is 8.53. The number of ether oxygens (including phenoxy) is 1. The van der Waals surface area contributed by atoms with Gasteiger partial charge in [-0.05, 0) is 95.7 Å². The van der Waals surface area contributed by atoms with Crippen molar-refractivity contribution in [2.75, 3.05) is 16.2 Å². The van der Waals surface area contributed by atoms with E-state index in [1.807, 2.05) is 0 Å². The van der Waals surface area contributed by atoms with Crippen molar-refractivity contribution in [3.63, 3.8) is 0 Å². The Morgan fingerprint density at radius 1 is 0.708 bits per heavy atom. The van der Waals surface area contributed by atoms with E-state index in [-0.39, 0.29) is 38.5 Å². The minimum Gasteiger partial charge on any atom is -0.492 e. The van der Waals surface area contributed by atoms with Gasteiger partial charge >= 0.3 is 5.69 Å². The van der Waals surface area contributed by atoms with Crippen LogP contribution in [-0.4, -0.2) is 35.1 Å². The van der Waals surface area contributed by atoms with Gasteiger partial charge in [-0.15, -0.1) is 6.42 Å². The third-order valence-corrected chi connectivity index (χ3v) is 10.2. The van der Waals surface area contributed by atoms with Crippen molar-refractivity contribution < 1.29 is 45.0 Å². The highest BCUT2D eigenvalue weighted by Crippen LogP contribution is 2.37. The minimum absolute atomic E-state index is 0.0188. The predicted molar refractivity (Wildman–Crippen MR) is 229 cm³/mol. The number of amides is 1. The van der Waals surface area contributed by atoms with Crippen LogP contribution in [0.15, 0.2) is 76.4 Å². The van der Waals surface area contributed by atoms with E-state index in [9.17, 15) is 36.3 Å². The zero-order chi connectivity index (χ0) is 46.7. The van der Waals surface area contributed by atoms with Crippen LogP contribution in [0.3, 0.4) is 0 Å². The van der Waals surface area contributed by atoms with Gasteiger partial charge in [-0.3, -0.25) is 9.52 Å². The van der Waals surface area contributed by atoms with Gasteiger partial charge in [0.15, 0.2) is 34.7 Å². The van der Waals surface area contributed by atoms with E-state index in [2.05, 4.69) is 106 Å². The molecule has 0 spiro atoms. The molecule has 2 N–H and O–H groups in total. The summed E-state index contributed by atoms with van der Waals surface area (Å²) in [6.45, 7) is -0.109. The van der Waals surface area contributed by atoms with Crippen LogP contribution in [0.1, 0.15) is 16.1 Å². The number of carbonyl (C=O) groups is 1. The lowest BCUT2D eigenvalue weighted by molar-refractivity contribution is 0.0979. The quantitative estimate of drug-likeness (QED) is 0.0939. The lowest BCUT2D eigenvalue weighted by Crippen LogP contribution is -2.33. The second-order valence-corrected chi connectivity index (χ2v) is 14.4. The number of hydrogen-bond donors (Lipinski definition) is 2. The summed E-state index contributed by atoms with van der Waals surface area (Å²) >= 11 is 6.16. The number of aromatic nitrogens is 2. The second-order valence-electron chi connectivity index (χ2n) is 12.3. The number of nitrogens with zero attached hydrogens (tertiary/aromatic N) is 3. The van der Waals surface area contributed by atoms with Gasteiger partial charge in [0.1, 0.15) is 11.8 Å². The van der Waals surface area contributed by atoms with Crippen LogP contribution < -0.4 is 20.0 Å². The molecule has 0 radical (unpaired) electrons. The van der Waals surface area contributed by atoms with Crippen LogP contribution in [0.25, 0.3) is 11.4 Å². The first kappa shape index (κ1) is 45.2. The molecule has 1 aromatic heterocycles. The van der Waals surface area contributed by atoms with Crippen molar-refractivity contribution >= 4 is 38.9 Å². The zero-order valence-corrected chi connectivity index (χ0v) is 33.9. The summed E-state index contributed by atoms with van der Waals surface area (Å²) in [5, 5.41) is 11.8. The average molecular weight is 909 g/mol. The number of benzene rings is 4. The number of aromatic hydroxyl groups is 1. The number of sulfonamides is 1. The van der Waals surface area contributed by atoms with Crippen molar-refractivity contribution in [2.45, 2.75) is 11.3 Å². The molecule has 1 aliphatic heterocycles. The standard InChI is InChI=1S/C48H18ClF5N4O6S/c1-2-3-4-5-6-7-8-9-10-11-12-13-14-15-16-21-30-64-38-27-26-33(65(62,63)55-35-24-19-18-23-34(35)49)31-37(38)57-47(60)45(46(59)56-29-28-32-22-17-20-25-36(32)56)58(48(57)61)44-42(53)40(51)39(50)41(52)43(44)54/h1,17-20,22-27,31,55,60H,28-29H2. The first-order valence-electron chi connectivity index (χ1n) is 17.8. The molecule has 1 amide bonds. The van der Waals surface area contributed by atoms with Gasteiger partial charge in [-0.1, -0.05) is 41.9 Å². The molecule has 10 nitrogen and oxygen atoms in total. The van der Waals surface area contributed by atoms with E-state index in [1.54, 1.807) is 18.2 Å². The van der Waals surface area contributed by atoms with Crippen LogP contribution in [0, 0.1) is 136 Å². The van der Waals surface area contributed by atoms with Gasteiger partial charge in [0.05, 0.1) is 21.3 Å². The summed E-state index contributed by atoms with van der Waals surface area (Å²) in [6.07, 6.45) is 7.36. The lowest BCUT2D eigenvalue weighted by atomic mass is 10.2. The average Bonchev–Trinajstić information content (AvgIpc) is 3.84. The summed E-state index contributed by atoms with van der Waals surface area (Å²) < 4.78 is 110. The number of para-hydroxylation sites is 2. The van der Waals surface area contributed by atoms with E-state index in [0.717, 1.165) is 23.1 Å². The Labute approximate surface area is 372 Å². The number of fused-ring (bicyclic) bond motifs is 1. The van der Waals surface area contributed by atoms with E-state index in [0.29, 0.717) is 5.56 Å². The molecule has 6 rings (SSSR count). The maximum atomic E-state index is 15.6. The Morgan fingerprint density at radius 2 is 1.25 bits per heavy atom. The monoisotopic (exact) mass is 908 g/mol. The van der Waals surface area contributed by atoms with Gasteiger partial charge in [0, 0.05) is 59.6 Å². The first-order chi connectivity index (χ1) is 31.3. The highest BCUT2D eigenvalue weighted by molar-refractivity contribution is 7.92. The van der Waals surface area contributed by atoms with Gasteiger partial charge in [-0.2, -0.15) is 0 Å². The SMILES string of the molecule is C#CC#CC#CC#CC#CC#CC#CC#CC#COc1ccc(S(=O)(=O)Nc2ccccc2Cl)cc1-n1c(O)c(C(=O)N2CCc3ccccc32)n(-c2c(F)c(F)c(F)c(F)c2F)c1=O. The van der Waals surface area contributed by atoms with Crippen molar-refractivity contribution in [1.82, 2.24) is 9.13 Å². The zero-order valence-electron chi connectivity index (χ0n) is 32.3. The van der Waals surface area contributed by atoms with E-state index < -0.39 is 84.3 Å². The number of hydrogen-bond acceptors (Lipinski definition) is 6. The van der Waals surface area contributed by atoms with Crippen molar-refractivity contribution in [3.8, 4) is 130 Å². The number of imidazole rings is 1.